The van der Waals surface area contributed by atoms with Crippen LogP contribution in [-0.2, 0) is 22.1 Å². The molecule has 1 aromatic carbocycles. The van der Waals surface area contributed by atoms with Crippen molar-refractivity contribution in [3.63, 3.8) is 0 Å². The Hall–Kier alpha value is -1.89. The maximum atomic E-state index is 12.9. The third-order valence-electron chi connectivity index (χ3n) is 2.54. The zero-order chi connectivity index (χ0) is 17.8. The van der Waals surface area contributed by atoms with Crippen molar-refractivity contribution < 1.29 is 35.9 Å². The largest absolute Gasteiger partial charge is 0.466 e. The lowest BCUT2D eigenvalue weighted by atomic mass is 9.99. The molecule has 0 aliphatic carbocycles. The predicted octanol–water partition coefficient (Wildman–Crippen LogP) is 4.29. The van der Waals surface area contributed by atoms with E-state index in [0.717, 1.165) is 0 Å². The number of halogens is 6. The van der Waals surface area contributed by atoms with Crippen LogP contribution in [0, 0.1) is 11.3 Å². The van der Waals surface area contributed by atoms with Crippen LogP contribution in [0.1, 0.15) is 23.6 Å². The van der Waals surface area contributed by atoms with E-state index >= 15 is 0 Å². The number of hydrogen-bond donors (Lipinski definition) is 0. The number of esters is 1. The molecule has 23 heavy (non-hydrogen) atoms. The van der Waals surface area contributed by atoms with Crippen molar-refractivity contribution in [2.24, 2.45) is 0 Å². The van der Waals surface area contributed by atoms with Crippen molar-refractivity contribution >= 4 is 17.7 Å². The van der Waals surface area contributed by atoms with Gasteiger partial charge in [-0.1, -0.05) is 0 Å². The van der Waals surface area contributed by atoms with E-state index in [9.17, 15) is 31.1 Å². The highest BCUT2D eigenvalue weighted by atomic mass is 32.2. The van der Waals surface area contributed by atoms with E-state index in [1.165, 1.54) is 13.0 Å². The molecule has 126 valence electrons. The summed E-state index contributed by atoms with van der Waals surface area (Å²) >= 11 is -0.690. The molecule has 0 aliphatic rings. The summed E-state index contributed by atoms with van der Waals surface area (Å²) in [6.45, 7) is 1.34. The van der Waals surface area contributed by atoms with E-state index in [1.54, 1.807) is 0 Å². The summed E-state index contributed by atoms with van der Waals surface area (Å²) in [5.41, 5.74) is -7.84. The fourth-order valence-corrected chi connectivity index (χ4v) is 2.43. The van der Waals surface area contributed by atoms with Crippen LogP contribution >= 0.6 is 11.8 Å². The van der Waals surface area contributed by atoms with Gasteiger partial charge in [-0.15, -0.1) is 0 Å². The number of hydrogen-bond acceptors (Lipinski definition) is 4. The zero-order valence-corrected chi connectivity index (χ0v) is 12.3. The number of nitriles is 1. The number of alkyl halides is 6. The highest BCUT2D eigenvalue weighted by Crippen LogP contribution is 2.42. The summed E-state index contributed by atoms with van der Waals surface area (Å²) in [7, 11) is 0. The van der Waals surface area contributed by atoms with Gasteiger partial charge in [-0.05, 0) is 36.4 Å². The number of carbonyl (C=O) groups excluding carboxylic acids is 1. The molecule has 0 N–H and O–H groups in total. The highest BCUT2D eigenvalue weighted by molar-refractivity contribution is 8.00. The first kappa shape index (κ1) is 19.2. The van der Waals surface area contributed by atoms with Gasteiger partial charge in [-0.3, -0.25) is 4.79 Å². The fourth-order valence-electron chi connectivity index (χ4n) is 1.74. The second-order valence-electron chi connectivity index (χ2n) is 4.10. The molecule has 10 heteroatoms. The van der Waals surface area contributed by atoms with Crippen LogP contribution in [0.2, 0.25) is 0 Å². The molecule has 0 aliphatic heterocycles. The first-order valence-electron chi connectivity index (χ1n) is 6.04. The molecule has 0 bridgehead atoms. The minimum atomic E-state index is -4.93. The van der Waals surface area contributed by atoms with Gasteiger partial charge < -0.3 is 4.74 Å². The summed E-state index contributed by atoms with van der Waals surface area (Å²) in [6.07, 6.45) is -5.80. The Morgan fingerprint density at radius 2 is 1.87 bits per heavy atom. The van der Waals surface area contributed by atoms with Crippen molar-refractivity contribution in [3.05, 3.63) is 28.8 Å². The van der Waals surface area contributed by atoms with Crippen molar-refractivity contribution in [2.45, 2.75) is 29.9 Å². The Kier molecular flexibility index (Phi) is 5.93. The third kappa shape index (κ3) is 5.35. The van der Waals surface area contributed by atoms with Crippen molar-refractivity contribution in [1.29, 1.82) is 5.26 Å². The van der Waals surface area contributed by atoms with E-state index in [2.05, 4.69) is 4.74 Å². The highest BCUT2D eigenvalue weighted by Gasteiger charge is 2.37. The smallest absolute Gasteiger partial charge is 0.446 e. The molecule has 0 heterocycles. The minimum absolute atomic E-state index is 0.0958. The van der Waals surface area contributed by atoms with Crippen LogP contribution in [0.5, 0.6) is 0 Å². The van der Waals surface area contributed by atoms with E-state index in [0.29, 0.717) is 12.1 Å². The molecule has 1 aromatic rings. The lowest BCUT2D eigenvalue weighted by Gasteiger charge is -2.16. The topological polar surface area (TPSA) is 50.1 Å². The predicted molar refractivity (Wildman–Crippen MR) is 68.4 cm³/mol. The van der Waals surface area contributed by atoms with Gasteiger partial charge in [0.2, 0.25) is 0 Å². The molecule has 0 radical (unpaired) electrons. The Bertz CT molecular complexity index is 633. The molecule has 0 aromatic heterocycles. The molecule has 0 saturated heterocycles. The summed E-state index contributed by atoms with van der Waals surface area (Å²) < 4.78 is 80.7. The summed E-state index contributed by atoms with van der Waals surface area (Å²) in [5, 5.41) is 8.94. The lowest BCUT2D eigenvalue weighted by molar-refractivity contribution is -0.143. The number of benzene rings is 1. The molecule has 0 unspecified atom stereocenters. The Balaban J connectivity index is 3.48. The van der Waals surface area contributed by atoms with E-state index < -0.39 is 57.4 Å². The molecule has 0 spiro atoms. The van der Waals surface area contributed by atoms with Crippen molar-refractivity contribution in [3.8, 4) is 6.07 Å². The monoisotopic (exact) mass is 357 g/mol. The summed E-state index contributed by atoms with van der Waals surface area (Å²) in [6, 6.07) is 2.22. The number of rotatable bonds is 4. The van der Waals surface area contributed by atoms with Crippen LogP contribution in [0.3, 0.4) is 0 Å². The van der Waals surface area contributed by atoms with Crippen LogP contribution in [0.15, 0.2) is 17.0 Å². The van der Waals surface area contributed by atoms with E-state index in [-0.39, 0.29) is 6.61 Å². The Morgan fingerprint density at radius 3 is 2.30 bits per heavy atom. The number of thioether (sulfide) groups is 1. The normalized spacial score (nSPS) is 11.9. The summed E-state index contributed by atoms with van der Waals surface area (Å²) in [5.74, 6) is -1.02. The van der Waals surface area contributed by atoms with Gasteiger partial charge in [0.05, 0.1) is 24.2 Å². The zero-order valence-electron chi connectivity index (χ0n) is 11.5. The van der Waals surface area contributed by atoms with Gasteiger partial charge in [-0.25, -0.2) is 0 Å². The van der Waals surface area contributed by atoms with Gasteiger partial charge in [0, 0.05) is 4.90 Å². The molecule has 3 nitrogen and oxygen atoms in total. The second-order valence-corrected chi connectivity index (χ2v) is 5.21. The van der Waals surface area contributed by atoms with Gasteiger partial charge >= 0.3 is 17.7 Å². The Labute approximate surface area is 131 Å². The van der Waals surface area contributed by atoms with Gasteiger partial charge in [0.1, 0.15) is 6.07 Å². The van der Waals surface area contributed by atoms with Crippen LogP contribution in [-0.4, -0.2) is 18.1 Å². The SMILES string of the molecule is CCOC(=O)Cc1c(SC(F)(F)F)ccc(C(F)(F)F)c1C#N. The molecule has 0 saturated carbocycles. The molecule has 0 amide bonds. The maximum absolute atomic E-state index is 12.9. The van der Waals surface area contributed by atoms with E-state index in [4.69, 9.17) is 5.26 Å². The molecule has 1 rings (SSSR count). The van der Waals surface area contributed by atoms with Crippen molar-refractivity contribution in [2.75, 3.05) is 6.61 Å². The van der Waals surface area contributed by atoms with E-state index in [1.807, 2.05) is 0 Å². The Morgan fingerprint density at radius 1 is 1.26 bits per heavy atom. The molecular weight excluding hydrogens is 348 g/mol. The van der Waals surface area contributed by atoms with Crippen LogP contribution in [0.25, 0.3) is 0 Å². The first-order chi connectivity index (χ1) is 10.5. The molecule has 0 fully saturated rings. The number of ether oxygens (including phenoxy) is 1. The average molecular weight is 357 g/mol. The summed E-state index contributed by atoms with van der Waals surface area (Å²) in [4.78, 5) is 10.8. The van der Waals surface area contributed by atoms with Gasteiger partial charge in [0.25, 0.3) is 0 Å². The number of carbonyl (C=O) groups is 1. The minimum Gasteiger partial charge on any atom is -0.466 e. The van der Waals surface area contributed by atoms with Crippen molar-refractivity contribution in [1.82, 2.24) is 0 Å². The maximum Gasteiger partial charge on any atom is 0.446 e. The quantitative estimate of drug-likeness (QED) is 0.458. The fraction of sp³-hybridized carbons (Fsp3) is 0.385. The van der Waals surface area contributed by atoms with Gasteiger partial charge in [-0.2, -0.15) is 31.6 Å². The van der Waals surface area contributed by atoms with Crippen LogP contribution in [0.4, 0.5) is 26.3 Å². The lowest BCUT2D eigenvalue weighted by Crippen LogP contribution is -2.15. The molecule has 0 atom stereocenters. The van der Waals surface area contributed by atoms with Gasteiger partial charge in [0.15, 0.2) is 0 Å². The third-order valence-corrected chi connectivity index (χ3v) is 3.37. The first-order valence-corrected chi connectivity index (χ1v) is 6.85. The van der Waals surface area contributed by atoms with Crippen LogP contribution < -0.4 is 0 Å². The number of nitrogens with zero attached hydrogens (tertiary/aromatic N) is 1. The second kappa shape index (κ2) is 7.12. The average Bonchev–Trinajstić information content (AvgIpc) is 2.37. The standard InChI is InChI=1S/C13H9F6NO2S/c1-2-22-11(21)5-7-8(6-20)9(12(14,15)16)3-4-10(7)23-13(17,18)19/h3-4H,2,5H2,1H3. The molecular formula is C13H9F6NO2S.